The molecule has 0 aliphatic heterocycles. The van der Waals surface area contributed by atoms with Crippen molar-refractivity contribution >= 4 is 39.7 Å². The van der Waals surface area contributed by atoms with Crippen LogP contribution in [0.15, 0.2) is 51.7 Å². The van der Waals surface area contributed by atoms with Crippen LogP contribution in [0.3, 0.4) is 0 Å². The normalized spacial score (nSPS) is 14.9. The van der Waals surface area contributed by atoms with Crippen LogP contribution in [0.1, 0.15) is 36.0 Å². The molecule has 0 atom stereocenters. The highest BCUT2D eigenvalue weighted by Gasteiger charge is 2.17. The molecule has 1 amide bonds. The molecule has 5 nitrogen and oxygen atoms in total. The van der Waals surface area contributed by atoms with E-state index in [1.165, 1.54) is 52.5 Å². The van der Waals surface area contributed by atoms with Gasteiger partial charge in [-0.2, -0.15) is 0 Å². The molecule has 0 radical (unpaired) electrons. The van der Waals surface area contributed by atoms with Gasteiger partial charge in [0.25, 0.3) is 11.5 Å². The third kappa shape index (κ3) is 3.48. The smallest absolute Gasteiger partial charge is 0.271 e. The van der Waals surface area contributed by atoms with E-state index < -0.39 is 5.91 Å². The lowest BCUT2D eigenvalue weighted by Gasteiger charge is -2.10. The van der Waals surface area contributed by atoms with E-state index in [-0.39, 0.29) is 11.1 Å². The number of carbonyl (C=O) groups excluding carboxylic acids is 1. The molecule has 3 aromatic rings. The average Bonchev–Trinajstić information content (AvgIpc) is 3.28. The lowest BCUT2D eigenvalue weighted by Crippen LogP contribution is -2.25. The fraction of sp³-hybridized carbons (Fsp3) is 0.278. The van der Waals surface area contributed by atoms with E-state index in [1.807, 2.05) is 36.0 Å². The van der Waals surface area contributed by atoms with Crippen molar-refractivity contribution in [3.63, 3.8) is 0 Å². The Morgan fingerprint density at radius 3 is 2.76 bits per heavy atom. The maximum atomic E-state index is 12.4. The summed E-state index contributed by atoms with van der Waals surface area (Å²) in [6.45, 7) is 0. The van der Waals surface area contributed by atoms with Crippen molar-refractivity contribution in [3.05, 3.63) is 58.0 Å². The summed E-state index contributed by atoms with van der Waals surface area (Å²) in [6.07, 6.45) is 8.18. The molecule has 2 aromatic heterocycles. The average molecular weight is 371 g/mol. The van der Waals surface area contributed by atoms with Gasteiger partial charge in [-0.05, 0) is 37.1 Å². The van der Waals surface area contributed by atoms with Crippen LogP contribution in [0.2, 0.25) is 0 Å². The first-order valence-corrected chi connectivity index (χ1v) is 9.99. The highest BCUT2D eigenvalue weighted by molar-refractivity contribution is 8.00. The van der Waals surface area contributed by atoms with Gasteiger partial charge in [-0.1, -0.05) is 12.8 Å². The molecule has 1 saturated carbocycles. The maximum absolute atomic E-state index is 12.4. The molecule has 4 rings (SSSR count). The summed E-state index contributed by atoms with van der Waals surface area (Å²) in [5.74, 6) is -0.436. The number of benzene rings is 1. The predicted molar refractivity (Wildman–Crippen MR) is 102 cm³/mol. The summed E-state index contributed by atoms with van der Waals surface area (Å²) in [4.78, 5) is 30.7. The van der Waals surface area contributed by atoms with Crippen molar-refractivity contribution < 1.29 is 4.79 Å². The van der Waals surface area contributed by atoms with Gasteiger partial charge >= 0.3 is 0 Å². The van der Waals surface area contributed by atoms with Crippen LogP contribution in [0.25, 0.3) is 4.96 Å². The summed E-state index contributed by atoms with van der Waals surface area (Å²) < 4.78 is 1.39. The molecule has 0 spiro atoms. The van der Waals surface area contributed by atoms with Crippen molar-refractivity contribution in [2.75, 3.05) is 5.32 Å². The summed E-state index contributed by atoms with van der Waals surface area (Å²) in [5, 5.41) is 5.26. The first-order valence-electron chi connectivity index (χ1n) is 8.23. The Kier molecular flexibility index (Phi) is 4.59. The Bertz CT molecular complexity index is 956. The Morgan fingerprint density at radius 1 is 1.24 bits per heavy atom. The Labute approximate surface area is 153 Å². The van der Waals surface area contributed by atoms with Gasteiger partial charge in [0.2, 0.25) is 0 Å². The molecule has 1 aliphatic rings. The van der Waals surface area contributed by atoms with Crippen molar-refractivity contribution in [1.82, 2.24) is 9.38 Å². The molecule has 0 unspecified atom stereocenters. The van der Waals surface area contributed by atoms with Gasteiger partial charge in [-0.25, -0.2) is 4.98 Å². The number of rotatable bonds is 4. The van der Waals surface area contributed by atoms with E-state index in [4.69, 9.17) is 0 Å². The zero-order valence-corrected chi connectivity index (χ0v) is 15.1. The zero-order chi connectivity index (χ0) is 17.2. The number of hydrogen-bond acceptors (Lipinski definition) is 5. The highest BCUT2D eigenvalue weighted by Crippen LogP contribution is 2.34. The fourth-order valence-corrected chi connectivity index (χ4v) is 4.92. The predicted octanol–water partition coefficient (Wildman–Crippen LogP) is 4.04. The molecule has 7 heteroatoms. The van der Waals surface area contributed by atoms with Gasteiger partial charge < -0.3 is 5.32 Å². The van der Waals surface area contributed by atoms with E-state index in [0.29, 0.717) is 15.9 Å². The van der Waals surface area contributed by atoms with Crippen molar-refractivity contribution in [2.45, 2.75) is 35.8 Å². The van der Waals surface area contributed by atoms with Gasteiger partial charge in [-0.3, -0.25) is 14.0 Å². The summed E-state index contributed by atoms with van der Waals surface area (Å²) in [7, 11) is 0. The number of carbonyl (C=O) groups is 1. The van der Waals surface area contributed by atoms with Gasteiger partial charge in [0, 0.05) is 33.6 Å². The molecule has 1 N–H and O–H groups in total. The van der Waals surface area contributed by atoms with E-state index in [0.717, 1.165) is 0 Å². The zero-order valence-electron chi connectivity index (χ0n) is 13.5. The molecule has 2 heterocycles. The molecule has 0 saturated heterocycles. The lowest BCUT2D eigenvalue weighted by atomic mass is 10.2. The molecule has 0 bridgehead atoms. The second-order valence-corrected chi connectivity index (χ2v) is 8.28. The fourth-order valence-electron chi connectivity index (χ4n) is 2.99. The number of nitrogens with one attached hydrogen (secondary N) is 1. The van der Waals surface area contributed by atoms with E-state index in [2.05, 4.69) is 10.3 Å². The van der Waals surface area contributed by atoms with Crippen molar-refractivity contribution in [2.24, 2.45) is 0 Å². The topological polar surface area (TPSA) is 63.5 Å². The quantitative estimate of drug-likeness (QED) is 0.752. The lowest BCUT2D eigenvalue weighted by molar-refractivity contribution is 0.102. The van der Waals surface area contributed by atoms with Gasteiger partial charge in [0.05, 0.1) is 0 Å². The number of aromatic nitrogens is 2. The first-order chi connectivity index (χ1) is 12.2. The minimum absolute atomic E-state index is 0.0420. The number of anilines is 1. The number of thioether (sulfide) groups is 1. The summed E-state index contributed by atoms with van der Waals surface area (Å²) >= 11 is 3.26. The molecule has 128 valence electrons. The van der Waals surface area contributed by atoms with Crippen LogP contribution < -0.4 is 10.9 Å². The van der Waals surface area contributed by atoms with Crippen LogP contribution in [0, 0.1) is 0 Å². The van der Waals surface area contributed by atoms with E-state index in [9.17, 15) is 9.59 Å². The molecule has 1 aromatic carbocycles. The SMILES string of the molecule is O=C(Nc1ccc(SC2CCCC2)cc1)c1cnc2sccn2c1=O. The van der Waals surface area contributed by atoms with Gasteiger partial charge in [-0.15, -0.1) is 23.1 Å². The van der Waals surface area contributed by atoms with Crippen molar-refractivity contribution in [3.8, 4) is 0 Å². The van der Waals surface area contributed by atoms with Gasteiger partial charge in [0.1, 0.15) is 5.56 Å². The van der Waals surface area contributed by atoms with Crippen LogP contribution in [0.4, 0.5) is 5.69 Å². The molecule has 25 heavy (non-hydrogen) atoms. The summed E-state index contributed by atoms with van der Waals surface area (Å²) in [6, 6.07) is 7.80. The monoisotopic (exact) mass is 371 g/mol. The summed E-state index contributed by atoms with van der Waals surface area (Å²) in [5.41, 5.74) is 0.369. The molecule has 1 fully saturated rings. The molecular weight excluding hydrogens is 354 g/mol. The first kappa shape index (κ1) is 16.4. The largest absolute Gasteiger partial charge is 0.322 e. The number of fused-ring (bicyclic) bond motifs is 1. The Morgan fingerprint density at radius 2 is 2.00 bits per heavy atom. The molecule has 1 aliphatic carbocycles. The van der Waals surface area contributed by atoms with Crippen LogP contribution in [-0.4, -0.2) is 20.5 Å². The Hall–Kier alpha value is -2.12. The Balaban J connectivity index is 1.48. The van der Waals surface area contributed by atoms with Crippen LogP contribution in [0.5, 0.6) is 0 Å². The van der Waals surface area contributed by atoms with E-state index in [1.54, 1.807) is 11.6 Å². The maximum Gasteiger partial charge on any atom is 0.271 e. The number of amides is 1. The second kappa shape index (κ2) is 7.01. The standard InChI is InChI=1S/C18H17N3O2S2/c22-16(15-11-19-18-21(17(15)23)9-10-24-18)20-12-5-7-14(8-6-12)25-13-3-1-2-4-13/h5-11,13H,1-4H2,(H,20,22). The van der Waals surface area contributed by atoms with Gasteiger partial charge in [0.15, 0.2) is 4.96 Å². The molecular formula is C18H17N3O2S2. The number of hydrogen-bond donors (Lipinski definition) is 1. The third-order valence-electron chi connectivity index (χ3n) is 4.30. The second-order valence-electron chi connectivity index (χ2n) is 6.04. The number of nitrogens with zero attached hydrogens (tertiary/aromatic N) is 2. The number of thiazole rings is 1. The minimum atomic E-state index is -0.436. The minimum Gasteiger partial charge on any atom is -0.322 e. The third-order valence-corrected chi connectivity index (χ3v) is 6.42. The van der Waals surface area contributed by atoms with Crippen LogP contribution >= 0.6 is 23.1 Å². The highest BCUT2D eigenvalue weighted by atomic mass is 32.2. The van der Waals surface area contributed by atoms with E-state index >= 15 is 0 Å². The van der Waals surface area contributed by atoms with Crippen LogP contribution in [-0.2, 0) is 0 Å². The van der Waals surface area contributed by atoms with Crippen molar-refractivity contribution in [1.29, 1.82) is 0 Å².